The Morgan fingerprint density at radius 3 is 2.11 bits per heavy atom. The maximum absolute atomic E-state index is 13.3. The first kappa shape index (κ1) is 12.2. The number of ether oxygens (including phenoxy) is 2. The van der Waals surface area contributed by atoms with Gasteiger partial charge in [0.15, 0.2) is 23.1 Å². The van der Waals surface area contributed by atoms with Gasteiger partial charge in [-0.2, -0.15) is 0 Å². The fraction of sp³-hybridized carbons (Fsp3) is 0.143. The Balaban J connectivity index is 2.47. The molecule has 2 aromatic rings. The van der Waals surface area contributed by atoms with E-state index in [2.05, 4.69) is 0 Å². The van der Waals surface area contributed by atoms with Crippen LogP contribution in [0.2, 0.25) is 0 Å². The van der Waals surface area contributed by atoms with E-state index >= 15 is 0 Å². The second-order valence-corrected chi connectivity index (χ2v) is 3.74. The third-order valence-corrected chi connectivity index (χ3v) is 2.66. The van der Waals surface area contributed by atoms with Crippen LogP contribution in [0.25, 0.3) is 11.1 Å². The summed E-state index contributed by atoms with van der Waals surface area (Å²) in [5.74, 6) is 0.172. The van der Waals surface area contributed by atoms with E-state index in [0.29, 0.717) is 17.1 Å². The molecule has 4 heteroatoms. The number of hydrogen-bond donors (Lipinski definition) is 1. The predicted molar refractivity (Wildman–Crippen MR) is 66.6 cm³/mol. The Labute approximate surface area is 104 Å². The molecule has 18 heavy (non-hydrogen) atoms. The molecule has 0 radical (unpaired) electrons. The normalized spacial score (nSPS) is 10.2. The number of phenols is 1. The maximum Gasteiger partial charge on any atom is 0.165 e. The summed E-state index contributed by atoms with van der Waals surface area (Å²) in [5, 5.41) is 9.15. The Hall–Kier alpha value is -2.23. The van der Waals surface area contributed by atoms with Crippen molar-refractivity contribution in [1.82, 2.24) is 0 Å². The van der Waals surface area contributed by atoms with Crippen molar-refractivity contribution in [3.8, 4) is 28.4 Å². The number of phenolic OH excluding ortho intramolecular Hbond substituents is 1. The van der Waals surface area contributed by atoms with Crippen molar-refractivity contribution in [2.24, 2.45) is 0 Å². The first-order chi connectivity index (χ1) is 8.65. The van der Waals surface area contributed by atoms with Crippen molar-refractivity contribution in [3.63, 3.8) is 0 Å². The lowest BCUT2D eigenvalue weighted by molar-refractivity contribution is 0.355. The van der Waals surface area contributed by atoms with Crippen LogP contribution in [0.15, 0.2) is 36.4 Å². The van der Waals surface area contributed by atoms with Crippen molar-refractivity contribution in [1.29, 1.82) is 0 Å². The molecule has 0 heterocycles. The van der Waals surface area contributed by atoms with Crippen molar-refractivity contribution in [3.05, 3.63) is 42.2 Å². The fourth-order valence-electron chi connectivity index (χ4n) is 1.70. The van der Waals surface area contributed by atoms with Crippen LogP contribution < -0.4 is 9.47 Å². The van der Waals surface area contributed by atoms with Crippen molar-refractivity contribution < 1.29 is 19.0 Å². The zero-order valence-electron chi connectivity index (χ0n) is 10.1. The van der Waals surface area contributed by atoms with Crippen molar-refractivity contribution >= 4 is 0 Å². The van der Waals surface area contributed by atoms with Crippen LogP contribution in [0.4, 0.5) is 4.39 Å². The first-order valence-corrected chi connectivity index (χ1v) is 5.36. The molecule has 3 nitrogen and oxygen atoms in total. The average Bonchev–Trinajstić information content (AvgIpc) is 2.41. The molecule has 0 aliphatic rings. The van der Waals surface area contributed by atoms with Gasteiger partial charge >= 0.3 is 0 Å². The molecule has 0 unspecified atom stereocenters. The summed E-state index contributed by atoms with van der Waals surface area (Å²) >= 11 is 0. The molecule has 0 aliphatic carbocycles. The summed E-state index contributed by atoms with van der Waals surface area (Å²) in [4.78, 5) is 0. The average molecular weight is 248 g/mol. The molecule has 2 rings (SSSR count). The summed E-state index contributed by atoms with van der Waals surface area (Å²) < 4.78 is 23.6. The Bertz CT molecular complexity index is 567. The number of benzene rings is 2. The second-order valence-electron chi connectivity index (χ2n) is 3.74. The van der Waals surface area contributed by atoms with Crippen molar-refractivity contribution in [2.45, 2.75) is 0 Å². The highest BCUT2D eigenvalue weighted by molar-refractivity contribution is 5.67. The molecule has 0 amide bonds. The first-order valence-electron chi connectivity index (χ1n) is 5.36. The number of hydrogen-bond acceptors (Lipinski definition) is 3. The molecule has 1 N–H and O–H groups in total. The van der Waals surface area contributed by atoms with Gasteiger partial charge in [-0.25, -0.2) is 4.39 Å². The van der Waals surface area contributed by atoms with Crippen LogP contribution in [-0.2, 0) is 0 Å². The van der Waals surface area contributed by atoms with Gasteiger partial charge in [0, 0.05) is 0 Å². The summed E-state index contributed by atoms with van der Waals surface area (Å²) in [6.07, 6.45) is 0. The topological polar surface area (TPSA) is 38.7 Å². The molecule has 94 valence electrons. The van der Waals surface area contributed by atoms with Gasteiger partial charge in [0.2, 0.25) is 0 Å². The van der Waals surface area contributed by atoms with Gasteiger partial charge in [0.05, 0.1) is 14.2 Å². The quantitative estimate of drug-likeness (QED) is 0.906. The smallest absolute Gasteiger partial charge is 0.165 e. The van der Waals surface area contributed by atoms with Gasteiger partial charge in [-0.1, -0.05) is 12.1 Å². The minimum atomic E-state index is -0.651. The van der Waals surface area contributed by atoms with Gasteiger partial charge in [0.25, 0.3) is 0 Å². The fourth-order valence-corrected chi connectivity index (χ4v) is 1.70. The van der Waals surface area contributed by atoms with Crippen LogP contribution in [-0.4, -0.2) is 19.3 Å². The van der Waals surface area contributed by atoms with E-state index in [9.17, 15) is 4.39 Å². The lowest BCUT2D eigenvalue weighted by Crippen LogP contribution is -1.91. The van der Waals surface area contributed by atoms with Crippen LogP contribution in [0.1, 0.15) is 0 Å². The molecule has 0 aromatic heterocycles. The molecule has 0 saturated carbocycles. The van der Waals surface area contributed by atoms with E-state index in [0.717, 1.165) is 5.56 Å². The summed E-state index contributed by atoms with van der Waals surface area (Å²) in [5.41, 5.74) is 1.44. The summed E-state index contributed by atoms with van der Waals surface area (Å²) in [6, 6.07) is 9.54. The molecular weight excluding hydrogens is 235 g/mol. The van der Waals surface area contributed by atoms with Gasteiger partial charge < -0.3 is 14.6 Å². The Morgan fingerprint density at radius 2 is 1.50 bits per heavy atom. The second kappa shape index (κ2) is 4.96. The van der Waals surface area contributed by atoms with Gasteiger partial charge in [-0.3, -0.25) is 0 Å². The van der Waals surface area contributed by atoms with Crippen LogP contribution in [0.3, 0.4) is 0 Å². The van der Waals surface area contributed by atoms with Gasteiger partial charge in [0.1, 0.15) is 0 Å². The highest BCUT2D eigenvalue weighted by atomic mass is 19.1. The van der Waals surface area contributed by atoms with Crippen LogP contribution in [0, 0.1) is 5.82 Å². The molecular formula is C14H13FO3. The highest BCUT2D eigenvalue weighted by Gasteiger charge is 2.08. The SMILES string of the molecule is COc1ccc(-c2ccc(O)c(F)c2)cc1OC. The number of rotatable bonds is 3. The minimum absolute atomic E-state index is 0.362. The Morgan fingerprint density at radius 1 is 0.889 bits per heavy atom. The Kier molecular flexibility index (Phi) is 3.37. The summed E-state index contributed by atoms with van der Waals surface area (Å²) in [6.45, 7) is 0. The van der Waals surface area contributed by atoms with E-state index in [4.69, 9.17) is 14.6 Å². The monoisotopic (exact) mass is 248 g/mol. The zero-order valence-corrected chi connectivity index (χ0v) is 10.1. The van der Waals surface area contributed by atoms with Crippen LogP contribution >= 0.6 is 0 Å². The molecule has 2 aromatic carbocycles. The minimum Gasteiger partial charge on any atom is -0.505 e. The van der Waals surface area contributed by atoms with E-state index in [1.165, 1.54) is 12.1 Å². The molecule has 0 saturated heterocycles. The maximum atomic E-state index is 13.3. The zero-order chi connectivity index (χ0) is 13.1. The summed E-state index contributed by atoms with van der Waals surface area (Å²) in [7, 11) is 3.09. The van der Waals surface area contributed by atoms with Crippen molar-refractivity contribution in [2.75, 3.05) is 14.2 Å². The number of halogens is 1. The van der Waals surface area contributed by atoms with Gasteiger partial charge in [-0.05, 0) is 35.4 Å². The highest BCUT2D eigenvalue weighted by Crippen LogP contribution is 2.33. The standard InChI is InChI=1S/C14H13FO3/c1-17-13-6-4-10(8-14(13)18-2)9-3-5-12(16)11(15)7-9/h3-8,16H,1-2H3. The number of methoxy groups -OCH3 is 2. The third-order valence-electron chi connectivity index (χ3n) is 2.66. The molecule has 0 aliphatic heterocycles. The van der Waals surface area contributed by atoms with E-state index in [1.54, 1.807) is 38.5 Å². The largest absolute Gasteiger partial charge is 0.505 e. The molecule has 0 bridgehead atoms. The third kappa shape index (κ3) is 2.22. The lowest BCUT2D eigenvalue weighted by Gasteiger charge is -2.10. The molecule has 0 spiro atoms. The van der Waals surface area contributed by atoms with E-state index < -0.39 is 5.82 Å². The van der Waals surface area contributed by atoms with Crippen LogP contribution in [0.5, 0.6) is 17.2 Å². The van der Waals surface area contributed by atoms with E-state index in [-0.39, 0.29) is 5.75 Å². The van der Waals surface area contributed by atoms with Gasteiger partial charge in [-0.15, -0.1) is 0 Å². The molecule has 0 atom stereocenters. The predicted octanol–water partition coefficient (Wildman–Crippen LogP) is 3.22. The molecule has 0 fully saturated rings. The number of aromatic hydroxyl groups is 1. The lowest BCUT2D eigenvalue weighted by atomic mass is 10.0. The van der Waals surface area contributed by atoms with E-state index in [1.807, 2.05) is 0 Å².